The molecule has 0 amide bonds. The molecular weight excluding hydrogens is 374 g/mol. The highest BCUT2D eigenvalue weighted by molar-refractivity contribution is 5.82. The molecule has 4 aromatic carbocycles. The fourth-order valence-corrected chi connectivity index (χ4v) is 4.52. The maximum atomic E-state index is 2.40. The summed E-state index contributed by atoms with van der Waals surface area (Å²) in [7, 11) is 0. The topological polar surface area (TPSA) is 3.24 Å². The molecular formula is C30H27N. The first-order chi connectivity index (χ1) is 15.2. The van der Waals surface area contributed by atoms with Crippen LogP contribution < -0.4 is 4.90 Å². The number of anilines is 3. The van der Waals surface area contributed by atoms with Crippen molar-refractivity contribution < 1.29 is 0 Å². The van der Waals surface area contributed by atoms with E-state index in [1.54, 1.807) is 0 Å². The van der Waals surface area contributed by atoms with E-state index in [0.29, 0.717) is 5.92 Å². The molecule has 31 heavy (non-hydrogen) atoms. The summed E-state index contributed by atoms with van der Waals surface area (Å²) in [5.74, 6) is 0.495. The van der Waals surface area contributed by atoms with Gasteiger partial charge >= 0.3 is 0 Å². The fraction of sp³-hybridized carbons (Fsp3) is 0.133. The normalized spacial score (nSPS) is 14.8. The SMILES string of the molecule is Cc1ccc(-c2ccc(N(c3ccccc3)c3cccc4c3C(C)CC=C4)cc2)cc1. The predicted molar refractivity (Wildman–Crippen MR) is 133 cm³/mol. The number of para-hydroxylation sites is 1. The molecule has 0 bridgehead atoms. The van der Waals surface area contributed by atoms with E-state index in [1.807, 2.05) is 0 Å². The third kappa shape index (κ3) is 3.80. The van der Waals surface area contributed by atoms with Gasteiger partial charge in [-0.25, -0.2) is 0 Å². The van der Waals surface area contributed by atoms with Crippen molar-refractivity contribution >= 4 is 23.1 Å². The molecule has 0 spiro atoms. The van der Waals surface area contributed by atoms with E-state index in [-0.39, 0.29) is 0 Å². The number of rotatable bonds is 4. The van der Waals surface area contributed by atoms with Crippen molar-refractivity contribution in [1.29, 1.82) is 0 Å². The lowest BCUT2D eigenvalue weighted by Crippen LogP contribution is -2.14. The van der Waals surface area contributed by atoms with Crippen LogP contribution in [0.5, 0.6) is 0 Å². The summed E-state index contributed by atoms with van der Waals surface area (Å²) in [6, 6.07) is 35.0. The fourth-order valence-electron chi connectivity index (χ4n) is 4.52. The Kier molecular flexibility index (Phi) is 5.18. The molecule has 1 atom stereocenters. The van der Waals surface area contributed by atoms with Gasteiger partial charge in [-0.05, 0) is 71.8 Å². The van der Waals surface area contributed by atoms with E-state index in [1.165, 1.54) is 44.9 Å². The number of hydrogen-bond acceptors (Lipinski definition) is 1. The Morgan fingerprint density at radius 3 is 2.03 bits per heavy atom. The Bertz CT molecular complexity index is 1200. The van der Waals surface area contributed by atoms with Crippen molar-refractivity contribution in [2.45, 2.75) is 26.2 Å². The molecule has 1 aliphatic carbocycles. The Hall–Kier alpha value is -3.58. The molecule has 152 valence electrons. The number of benzene rings is 4. The second kappa shape index (κ2) is 8.28. The standard InChI is InChI=1S/C30H27N/c1-22-14-16-24(17-15-22)25-18-20-28(21-19-25)31(27-11-4-3-5-12-27)29-13-7-10-26-9-6-8-23(2)30(26)29/h3-7,9-21,23H,8H2,1-2H3. The van der Waals surface area contributed by atoms with Crippen molar-refractivity contribution in [1.82, 2.24) is 0 Å². The first kappa shape index (κ1) is 19.4. The van der Waals surface area contributed by atoms with Crippen molar-refractivity contribution in [3.8, 4) is 11.1 Å². The molecule has 0 saturated carbocycles. The number of allylic oxidation sites excluding steroid dienone is 1. The molecule has 0 fully saturated rings. The van der Waals surface area contributed by atoms with Crippen LogP contribution in [0.25, 0.3) is 17.2 Å². The van der Waals surface area contributed by atoms with Crippen LogP contribution in [-0.4, -0.2) is 0 Å². The quantitative estimate of drug-likeness (QED) is 0.331. The van der Waals surface area contributed by atoms with E-state index in [0.717, 1.165) is 6.42 Å². The van der Waals surface area contributed by atoms with Crippen LogP contribution >= 0.6 is 0 Å². The van der Waals surface area contributed by atoms with Crippen LogP contribution in [-0.2, 0) is 0 Å². The smallest absolute Gasteiger partial charge is 0.0502 e. The van der Waals surface area contributed by atoms with Gasteiger partial charge in [0.05, 0.1) is 5.69 Å². The molecule has 1 aliphatic rings. The summed E-state index contributed by atoms with van der Waals surface area (Å²) in [6.45, 7) is 4.46. The predicted octanol–water partition coefficient (Wildman–Crippen LogP) is 8.65. The number of hydrogen-bond donors (Lipinski definition) is 0. The molecule has 0 aromatic heterocycles. The average Bonchev–Trinajstić information content (AvgIpc) is 2.81. The van der Waals surface area contributed by atoms with Gasteiger partial charge in [-0.2, -0.15) is 0 Å². The van der Waals surface area contributed by atoms with Gasteiger partial charge in [0.2, 0.25) is 0 Å². The van der Waals surface area contributed by atoms with Crippen molar-refractivity contribution in [3.63, 3.8) is 0 Å². The Morgan fingerprint density at radius 1 is 0.677 bits per heavy atom. The molecule has 5 rings (SSSR count). The molecule has 0 aliphatic heterocycles. The zero-order chi connectivity index (χ0) is 21.2. The van der Waals surface area contributed by atoms with Gasteiger partial charge < -0.3 is 4.90 Å². The maximum Gasteiger partial charge on any atom is 0.0502 e. The third-order valence-electron chi connectivity index (χ3n) is 6.16. The second-order valence-corrected chi connectivity index (χ2v) is 8.40. The average molecular weight is 402 g/mol. The maximum absolute atomic E-state index is 2.40. The highest BCUT2D eigenvalue weighted by Gasteiger charge is 2.22. The summed E-state index contributed by atoms with van der Waals surface area (Å²) in [5, 5.41) is 0. The first-order valence-electron chi connectivity index (χ1n) is 11.0. The summed E-state index contributed by atoms with van der Waals surface area (Å²) < 4.78 is 0. The molecule has 1 unspecified atom stereocenters. The van der Waals surface area contributed by atoms with Crippen LogP contribution in [0, 0.1) is 6.92 Å². The minimum absolute atomic E-state index is 0.495. The van der Waals surface area contributed by atoms with Crippen LogP contribution in [0.3, 0.4) is 0 Å². The Labute approximate surface area is 185 Å². The molecule has 0 saturated heterocycles. The summed E-state index contributed by atoms with van der Waals surface area (Å²) in [4.78, 5) is 2.40. The number of fused-ring (bicyclic) bond motifs is 1. The zero-order valence-electron chi connectivity index (χ0n) is 18.1. The van der Waals surface area contributed by atoms with Gasteiger partial charge in [-0.15, -0.1) is 0 Å². The lowest BCUT2D eigenvalue weighted by atomic mass is 9.86. The van der Waals surface area contributed by atoms with Crippen LogP contribution in [0.15, 0.2) is 103 Å². The van der Waals surface area contributed by atoms with E-state index in [4.69, 9.17) is 0 Å². The number of aryl methyl sites for hydroxylation is 1. The van der Waals surface area contributed by atoms with Crippen molar-refractivity contribution in [2.75, 3.05) is 4.90 Å². The summed E-state index contributed by atoms with van der Waals surface area (Å²) in [6.07, 6.45) is 5.64. The molecule has 0 radical (unpaired) electrons. The Morgan fingerprint density at radius 2 is 1.32 bits per heavy atom. The van der Waals surface area contributed by atoms with Gasteiger partial charge in [-0.3, -0.25) is 0 Å². The van der Waals surface area contributed by atoms with E-state index < -0.39 is 0 Å². The van der Waals surface area contributed by atoms with Crippen LogP contribution in [0.2, 0.25) is 0 Å². The highest BCUT2D eigenvalue weighted by atomic mass is 15.1. The van der Waals surface area contributed by atoms with Gasteiger partial charge in [0.25, 0.3) is 0 Å². The third-order valence-corrected chi connectivity index (χ3v) is 6.16. The largest absolute Gasteiger partial charge is 0.310 e. The van der Waals surface area contributed by atoms with Crippen molar-refractivity contribution in [3.05, 3.63) is 120 Å². The number of nitrogens with zero attached hydrogens (tertiary/aromatic N) is 1. The minimum atomic E-state index is 0.495. The summed E-state index contributed by atoms with van der Waals surface area (Å²) in [5.41, 5.74) is 10.2. The minimum Gasteiger partial charge on any atom is -0.310 e. The summed E-state index contributed by atoms with van der Waals surface area (Å²) >= 11 is 0. The Balaban J connectivity index is 1.62. The van der Waals surface area contributed by atoms with Crippen molar-refractivity contribution in [2.24, 2.45) is 0 Å². The molecule has 0 N–H and O–H groups in total. The van der Waals surface area contributed by atoms with Gasteiger partial charge in [-0.1, -0.05) is 91.4 Å². The van der Waals surface area contributed by atoms with Gasteiger partial charge in [0.1, 0.15) is 0 Å². The monoisotopic (exact) mass is 401 g/mol. The lowest BCUT2D eigenvalue weighted by molar-refractivity contribution is 0.771. The molecule has 0 heterocycles. The first-order valence-corrected chi connectivity index (χ1v) is 11.0. The van der Waals surface area contributed by atoms with E-state index in [9.17, 15) is 0 Å². The van der Waals surface area contributed by atoms with Gasteiger partial charge in [0, 0.05) is 11.4 Å². The molecule has 4 aromatic rings. The van der Waals surface area contributed by atoms with Crippen LogP contribution in [0.4, 0.5) is 17.1 Å². The molecule has 1 nitrogen and oxygen atoms in total. The highest BCUT2D eigenvalue weighted by Crippen LogP contribution is 2.43. The molecule has 1 heteroatoms. The zero-order valence-corrected chi connectivity index (χ0v) is 18.1. The van der Waals surface area contributed by atoms with E-state index in [2.05, 4.69) is 128 Å². The second-order valence-electron chi connectivity index (χ2n) is 8.40. The van der Waals surface area contributed by atoms with Gasteiger partial charge in [0.15, 0.2) is 0 Å². The van der Waals surface area contributed by atoms with E-state index >= 15 is 0 Å². The van der Waals surface area contributed by atoms with Crippen LogP contribution in [0.1, 0.15) is 36.0 Å². The lowest BCUT2D eigenvalue weighted by Gasteiger charge is -2.31.